The van der Waals surface area contributed by atoms with E-state index in [1.807, 2.05) is 10.3 Å². The summed E-state index contributed by atoms with van der Waals surface area (Å²) in [6.45, 7) is 4.71. The van der Waals surface area contributed by atoms with Crippen molar-refractivity contribution >= 4 is 40.6 Å². The van der Waals surface area contributed by atoms with Crippen LogP contribution >= 0.6 is 22.9 Å². The quantitative estimate of drug-likeness (QED) is 0.734. The summed E-state index contributed by atoms with van der Waals surface area (Å²) in [5.41, 5.74) is 2.87. The number of carbonyl (C=O) groups excluding carboxylic acids is 2. The van der Waals surface area contributed by atoms with Gasteiger partial charge in [0.05, 0.1) is 5.56 Å². The summed E-state index contributed by atoms with van der Waals surface area (Å²) in [5.74, 6) is 0.826. The molecule has 1 aliphatic carbocycles. The predicted molar refractivity (Wildman–Crippen MR) is 118 cm³/mol. The van der Waals surface area contributed by atoms with Crippen molar-refractivity contribution in [2.45, 2.75) is 32.6 Å². The number of thiophene rings is 1. The van der Waals surface area contributed by atoms with E-state index < -0.39 is 0 Å². The molecule has 5 nitrogen and oxygen atoms in total. The Morgan fingerprint density at radius 2 is 1.83 bits per heavy atom. The molecule has 0 spiro atoms. The number of hydrogen-bond donors (Lipinski definition) is 1. The number of carbonyl (C=O) groups is 2. The number of benzene rings is 1. The van der Waals surface area contributed by atoms with Crippen molar-refractivity contribution in [3.8, 4) is 0 Å². The predicted octanol–water partition coefficient (Wildman–Crippen LogP) is 4.91. The van der Waals surface area contributed by atoms with Crippen molar-refractivity contribution in [2.75, 3.05) is 31.5 Å². The third-order valence-corrected chi connectivity index (χ3v) is 7.10. The molecule has 1 atom stereocenters. The van der Waals surface area contributed by atoms with E-state index in [2.05, 4.69) is 12.2 Å². The molecule has 1 aromatic heterocycles. The maximum Gasteiger partial charge on any atom is 0.321 e. The molecule has 0 bridgehead atoms. The fourth-order valence-corrected chi connectivity index (χ4v) is 5.45. The van der Waals surface area contributed by atoms with Gasteiger partial charge in [-0.25, -0.2) is 4.79 Å². The summed E-state index contributed by atoms with van der Waals surface area (Å²) in [6, 6.07) is 6.94. The highest BCUT2D eigenvalue weighted by atomic mass is 35.5. The Bertz CT molecular complexity index is 896. The molecule has 4 rings (SSSR count). The second-order valence-corrected chi connectivity index (χ2v) is 9.37. The highest BCUT2D eigenvalue weighted by molar-refractivity contribution is 7.10. The molecule has 0 saturated carbocycles. The fourth-order valence-electron chi connectivity index (χ4n) is 4.09. The fraction of sp³-hybridized carbons (Fsp3) is 0.455. The Morgan fingerprint density at radius 1 is 1.10 bits per heavy atom. The number of nitrogens with zero attached hydrogens (tertiary/aromatic N) is 2. The van der Waals surface area contributed by atoms with Gasteiger partial charge in [-0.3, -0.25) is 4.79 Å². The highest BCUT2D eigenvalue weighted by Gasteiger charge is 2.28. The molecular formula is C22H26ClN3O2S. The lowest BCUT2D eigenvalue weighted by Crippen LogP contribution is -2.39. The van der Waals surface area contributed by atoms with Crippen LogP contribution in [0.4, 0.5) is 10.5 Å². The van der Waals surface area contributed by atoms with Crippen LogP contribution in [0.15, 0.2) is 29.6 Å². The maximum atomic E-state index is 13.2. The molecule has 0 radical (unpaired) electrons. The van der Waals surface area contributed by atoms with Crippen LogP contribution in [0.25, 0.3) is 0 Å². The Kier molecular flexibility index (Phi) is 6.11. The molecule has 1 unspecified atom stereocenters. The Hall–Kier alpha value is -2.05. The summed E-state index contributed by atoms with van der Waals surface area (Å²) >= 11 is 7.63. The van der Waals surface area contributed by atoms with Gasteiger partial charge in [-0.05, 0) is 61.4 Å². The van der Waals surface area contributed by atoms with Crippen molar-refractivity contribution in [3.05, 3.63) is 50.7 Å². The lowest BCUT2D eigenvalue weighted by molar-refractivity contribution is 0.0761. The number of amides is 3. The molecule has 2 aromatic rings. The zero-order valence-corrected chi connectivity index (χ0v) is 18.2. The largest absolute Gasteiger partial charge is 0.337 e. The van der Waals surface area contributed by atoms with Crippen molar-refractivity contribution in [1.82, 2.24) is 9.80 Å². The number of halogens is 1. The van der Waals surface area contributed by atoms with Crippen molar-refractivity contribution < 1.29 is 9.59 Å². The van der Waals surface area contributed by atoms with Crippen LogP contribution in [-0.2, 0) is 12.8 Å². The van der Waals surface area contributed by atoms with Crippen LogP contribution in [-0.4, -0.2) is 47.9 Å². The van der Waals surface area contributed by atoms with E-state index in [1.54, 1.807) is 40.5 Å². The first-order valence-corrected chi connectivity index (χ1v) is 11.5. The topological polar surface area (TPSA) is 52.7 Å². The lowest BCUT2D eigenvalue weighted by atomic mass is 9.88. The molecular weight excluding hydrogens is 406 g/mol. The standard InChI is InChI=1S/C22H26ClN3O2S/c1-15-3-8-18-19(14-29-20(18)13-15)21(27)25-9-2-10-26(12-11-25)22(28)24-17-6-4-16(23)5-7-17/h4-7,14-15H,2-3,8-13H2,1H3,(H,24,28). The van der Waals surface area contributed by atoms with Gasteiger partial charge < -0.3 is 15.1 Å². The molecule has 1 N–H and O–H groups in total. The van der Waals surface area contributed by atoms with E-state index in [9.17, 15) is 9.59 Å². The van der Waals surface area contributed by atoms with E-state index >= 15 is 0 Å². The van der Waals surface area contributed by atoms with Gasteiger partial charge in [-0.2, -0.15) is 0 Å². The monoisotopic (exact) mass is 431 g/mol. The third-order valence-electron chi connectivity index (χ3n) is 5.80. The first-order chi connectivity index (χ1) is 14.0. The van der Waals surface area contributed by atoms with Crippen LogP contribution in [0.5, 0.6) is 0 Å². The molecule has 1 saturated heterocycles. The van der Waals surface area contributed by atoms with Gasteiger partial charge in [0.15, 0.2) is 0 Å². The molecule has 2 heterocycles. The van der Waals surface area contributed by atoms with Crippen LogP contribution in [0.3, 0.4) is 0 Å². The van der Waals surface area contributed by atoms with Crippen LogP contribution in [0.2, 0.25) is 5.02 Å². The summed E-state index contributed by atoms with van der Waals surface area (Å²) in [6.07, 6.45) is 4.03. The number of hydrogen-bond acceptors (Lipinski definition) is 3. The second-order valence-electron chi connectivity index (χ2n) is 7.97. The number of fused-ring (bicyclic) bond motifs is 1. The zero-order chi connectivity index (χ0) is 20.4. The van der Waals surface area contributed by atoms with Crippen molar-refractivity contribution in [1.29, 1.82) is 0 Å². The second kappa shape index (κ2) is 8.76. The smallest absolute Gasteiger partial charge is 0.321 e. The normalized spacial score (nSPS) is 19.4. The third kappa shape index (κ3) is 4.59. The van der Waals surface area contributed by atoms with Gasteiger partial charge in [0.25, 0.3) is 5.91 Å². The Morgan fingerprint density at radius 3 is 2.62 bits per heavy atom. The van der Waals surface area contributed by atoms with E-state index in [0.29, 0.717) is 37.1 Å². The van der Waals surface area contributed by atoms with E-state index in [4.69, 9.17) is 11.6 Å². The van der Waals surface area contributed by atoms with Crippen LogP contribution in [0.1, 0.15) is 40.6 Å². The average molecular weight is 432 g/mol. The van der Waals surface area contributed by atoms with Gasteiger partial charge in [0.1, 0.15) is 0 Å². The Balaban J connectivity index is 1.38. The van der Waals surface area contributed by atoms with Gasteiger partial charge in [-0.15, -0.1) is 11.3 Å². The summed E-state index contributed by atoms with van der Waals surface area (Å²) in [7, 11) is 0. The van der Waals surface area contributed by atoms with E-state index in [-0.39, 0.29) is 11.9 Å². The van der Waals surface area contributed by atoms with Crippen LogP contribution in [0, 0.1) is 5.92 Å². The zero-order valence-electron chi connectivity index (χ0n) is 16.6. The first-order valence-electron chi connectivity index (χ1n) is 10.2. The minimum atomic E-state index is -0.136. The van der Waals surface area contributed by atoms with Gasteiger partial charge in [0, 0.05) is 47.1 Å². The maximum absolute atomic E-state index is 13.2. The number of rotatable bonds is 2. The molecule has 2 aliphatic rings. The molecule has 3 amide bonds. The molecule has 1 aromatic carbocycles. The van der Waals surface area contributed by atoms with Crippen LogP contribution < -0.4 is 5.32 Å². The molecule has 154 valence electrons. The SMILES string of the molecule is CC1CCc2c(C(=O)N3CCCN(C(=O)Nc4ccc(Cl)cc4)CC3)csc2C1. The minimum absolute atomic E-state index is 0.122. The summed E-state index contributed by atoms with van der Waals surface area (Å²) in [5, 5.41) is 5.59. The number of anilines is 1. The highest BCUT2D eigenvalue weighted by Crippen LogP contribution is 2.33. The minimum Gasteiger partial charge on any atom is -0.337 e. The summed E-state index contributed by atoms with van der Waals surface area (Å²) < 4.78 is 0. The molecule has 1 aliphatic heterocycles. The van der Waals surface area contributed by atoms with Crippen molar-refractivity contribution in [2.24, 2.45) is 5.92 Å². The summed E-state index contributed by atoms with van der Waals surface area (Å²) in [4.78, 5) is 30.9. The number of urea groups is 1. The lowest BCUT2D eigenvalue weighted by Gasteiger charge is -2.24. The number of nitrogens with one attached hydrogen (secondary N) is 1. The Labute approximate surface area is 180 Å². The van der Waals surface area contributed by atoms with E-state index in [0.717, 1.165) is 36.9 Å². The average Bonchev–Trinajstić information content (AvgIpc) is 2.96. The molecule has 29 heavy (non-hydrogen) atoms. The van der Waals surface area contributed by atoms with Gasteiger partial charge in [0.2, 0.25) is 0 Å². The van der Waals surface area contributed by atoms with Crippen molar-refractivity contribution in [3.63, 3.8) is 0 Å². The molecule has 7 heteroatoms. The van der Waals surface area contributed by atoms with E-state index in [1.165, 1.54) is 10.4 Å². The van der Waals surface area contributed by atoms with Gasteiger partial charge in [-0.1, -0.05) is 18.5 Å². The first kappa shape index (κ1) is 20.2. The molecule has 1 fully saturated rings. The van der Waals surface area contributed by atoms with Gasteiger partial charge >= 0.3 is 6.03 Å².